The quantitative estimate of drug-likeness (QED) is 0.816. The van der Waals surface area contributed by atoms with Gasteiger partial charge in [-0.3, -0.25) is 0 Å². The van der Waals surface area contributed by atoms with Crippen molar-refractivity contribution in [3.05, 3.63) is 16.9 Å². The predicted octanol–water partition coefficient (Wildman–Crippen LogP) is 1.04. The normalized spacial score (nSPS) is 17.9. The molecule has 1 aromatic rings. The van der Waals surface area contributed by atoms with E-state index in [0.717, 1.165) is 43.0 Å². The van der Waals surface area contributed by atoms with Crippen LogP contribution < -0.4 is 10.2 Å². The van der Waals surface area contributed by atoms with E-state index < -0.39 is 0 Å². The fourth-order valence-electron chi connectivity index (χ4n) is 1.51. The smallest absolute Gasteiger partial charge is 0.225 e. The third-order valence-electron chi connectivity index (χ3n) is 2.23. The summed E-state index contributed by atoms with van der Waals surface area (Å²) < 4.78 is 0.925. The second-order valence-electron chi connectivity index (χ2n) is 3.29. The first-order chi connectivity index (χ1) is 6.86. The molecule has 0 aromatic carbocycles. The monoisotopic (exact) mass is 256 g/mol. The molecule has 2 rings (SSSR count). The number of hydrogen-bond acceptors (Lipinski definition) is 4. The molecule has 0 unspecified atom stereocenters. The van der Waals surface area contributed by atoms with E-state index in [1.165, 1.54) is 0 Å². The van der Waals surface area contributed by atoms with Crippen LogP contribution in [0.15, 0.2) is 16.9 Å². The molecule has 0 aliphatic carbocycles. The lowest BCUT2D eigenvalue weighted by molar-refractivity contribution is 0.724. The van der Waals surface area contributed by atoms with Crippen molar-refractivity contribution in [1.29, 1.82) is 0 Å². The number of nitrogens with one attached hydrogen (secondary N) is 1. The van der Waals surface area contributed by atoms with Crippen molar-refractivity contribution in [2.75, 3.05) is 31.1 Å². The summed E-state index contributed by atoms with van der Waals surface area (Å²) >= 11 is 3.33. The van der Waals surface area contributed by atoms with Gasteiger partial charge < -0.3 is 10.2 Å². The number of rotatable bonds is 1. The number of aromatic nitrogens is 2. The van der Waals surface area contributed by atoms with E-state index in [1.807, 2.05) is 0 Å². The van der Waals surface area contributed by atoms with Gasteiger partial charge in [-0.15, -0.1) is 0 Å². The van der Waals surface area contributed by atoms with E-state index in [-0.39, 0.29) is 0 Å². The highest BCUT2D eigenvalue weighted by Crippen LogP contribution is 2.11. The molecule has 1 saturated heterocycles. The van der Waals surface area contributed by atoms with Crippen LogP contribution in [0.2, 0.25) is 0 Å². The Morgan fingerprint density at radius 3 is 2.79 bits per heavy atom. The summed E-state index contributed by atoms with van der Waals surface area (Å²) in [5, 5.41) is 3.35. The van der Waals surface area contributed by atoms with Crippen molar-refractivity contribution >= 4 is 21.9 Å². The molecule has 0 bridgehead atoms. The molecule has 1 fully saturated rings. The second-order valence-corrected chi connectivity index (χ2v) is 4.21. The van der Waals surface area contributed by atoms with E-state index in [0.29, 0.717) is 0 Å². The molecule has 0 radical (unpaired) electrons. The Morgan fingerprint density at radius 1 is 1.21 bits per heavy atom. The molecule has 14 heavy (non-hydrogen) atoms. The number of halogens is 1. The molecule has 0 atom stereocenters. The van der Waals surface area contributed by atoms with Gasteiger partial charge in [0.2, 0.25) is 5.95 Å². The Kier molecular flexibility index (Phi) is 3.31. The lowest BCUT2D eigenvalue weighted by Crippen LogP contribution is -2.29. The van der Waals surface area contributed by atoms with Gasteiger partial charge in [0.05, 0.1) is 4.47 Å². The van der Waals surface area contributed by atoms with Gasteiger partial charge in [-0.1, -0.05) is 0 Å². The van der Waals surface area contributed by atoms with E-state index in [2.05, 4.69) is 36.1 Å². The lowest BCUT2D eigenvalue weighted by atomic mass is 10.4. The van der Waals surface area contributed by atoms with Gasteiger partial charge in [0.1, 0.15) is 0 Å². The summed E-state index contributed by atoms with van der Waals surface area (Å²) in [5.74, 6) is 0.830. The zero-order valence-corrected chi connectivity index (χ0v) is 9.50. The molecular weight excluding hydrogens is 244 g/mol. The van der Waals surface area contributed by atoms with Crippen molar-refractivity contribution in [2.45, 2.75) is 6.42 Å². The van der Waals surface area contributed by atoms with Crippen LogP contribution >= 0.6 is 15.9 Å². The first-order valence-electron chi connectivity index (χ1n) is 4.79. The van der Waals surface area contributed by atoms with Crippen LogP contribution in [-0.2, 0) is 0 Å². The van der Waals surface area contributed by atoms with Crippen LogP contribution in [-0.4, -0.2) is 36.1 Å². The molecule has 1 N–H and O–H groups in total. The molecule has 0 amide bonds. The van der Waals surface area contributed by atoms with Gasteiger partial charge in [0.25, 0.3) is 0 Å². The van der Waals surface area contributed by atoms with E-state index >= 15 is 0 Å². The highest BCUT2D eigenvalue weighted by molar-refractivity contribution is 9.10. The zero-order valence-electron chi connectivity index (χ0n) is 7.91. The van der Waals surface area contributed by atoms with Gasteiger partial charge in [0, 0.05) is 32.0 Å². The van der Waals surface area contributed by atoms with E-state index in [1.54, 1.807) is 12.4 Å². The van der Waals surface area contributed by atoms with Crippen molar-refractivity contribution in [3.63, 3.8) is 0 Å². The molecular formula is C9H13BrN4. The summed E-state index contributed by atoms with van der Waals surface area (Å²) in [7, 11) is 0. The first kappa shape index (κ1) is 9.86. The van der Waals surface area contributed by atoms with Crippen molar-refractivity contribution in [1.82, 2.24) is 15.3 Å². The van der Waals surface area contributed by atoms with Gasteiger partial charge >= 0.3 is 0 Å². The third-order valence-corrected chi connectivity index (χ3v) is 2.64. The predicted molar refractivity (Wildman–Crippen MR) is 59.4 cm³/mol. The van der Waals surface area contributed by atoms with Crippen LogP contribution in [0.5, 0.6) is 0 Å². The van der Waals surface area contributed by atoms with Gasteiger partial charge in [-0.25, -0.2) is 9.97 Å². The minimum Gasteiger partial charge on any atom is -0.340 e. The minimum atomic E-state index is 0.830. The molecule has 1 aromatic heterocycles. The van der Waals surface area contributed by atoms with Crippen LogP contribution in [0.3, 0.4) is 0 Å². The SMILES string of the molecule is Brc1cnc(N2CCCNCC2)nc1. The van der Waals surface area contributed by atoms with Gasteiger partial charge in [0.15, 0.2) is 0 Å². The van der Waals surface area contributed by atoms with Crippen LogP contribution in [0.4, 0.5) is 5.95 Å². The summed E-state index contributed by atoms with van der Waals surface area (Å²) in [6, 6.07) is 0. The average molecular weight is 257 g/mol. The van der Waals surface area contributed by atoms with Crippen molar-refractivity contribution < 1.29 is 0 Å². The molecule has 4 nitrogen and oxygen atoms in total. The first-order valence-corrected chi connectivity index (χ1v) is 5.59. The maximum absolute atomic E-state index is 4.28. The van der Waals surface area contributed by atoms with Gasteiger partial charge in [-0.2, -0.15) is 0 Å². The molecule has 1 aliphatic rings. The second kappa shape index (κ2) is 4.70. The topological polar surface area (TPSA) is 41.1 Å². The fourth-order valence-corrected chi connectivity index (χ4v) is 1.72. The van der Waals surface area contributed by atoms with Crippen LogP contribution in [0.25, 0.3) is 0 Å². The molecule has 0 spiro atoms. The maximum Gasteiger partial charge on any atom is 0.225 e. The summed E-state index contributed by atoms with van der Waals surface area (Å²) in [4.78, 5) is 10.8. The molecule has 0 saturated carbocycles. The highest BCUT2D eigenvalue weighted by atomic mass is 79.9. The van der Waals surface area contributed by atoms with Crippen molar-refractivity contribution in [3.8, 4) is 0 Å². The minimum absolute atomic E-state index is 0.830. The lowest BCUT2D eigenvalue weighted by Gasteiger charge is -2.19. The number of anilines is 1. The maximum atomic E-state index is 4.28. The Balaban J connectivity index is 2.08. The third kappa shape index (κ3) is 2.42. The summed E-state index contributed by atoms with van der Waals surface area (Å²) in [5.41, 5.74) is 0. The standard InChI is InChI=1S/C9H13BrN4/c10-8-6-12-9(13-7-8)14-4-1-2-11-3-5-14/h6-7,11H,1-5H2. The van der Waals surface area contributed by atoms with Crippen LogP contribution in [0, 0.1) is 0 Å². The molecule has 76 valence electrons. The highest BCUT2D eigenvalue weighted by Gasteiger charge is 2.10. The molecule has 2 heterocycles. The Hall–Kier alpha value is -0.680. The Morgan fingerprint density at radius 2 is 2.00 bits per heavy atom. The molecule has 5 heteroatoms. The summed E-state index contributed by atoms with van der Waals surface area (Å²) in [6.45, 7) is 4.13. The zero-order chi connectivity index (χ0) is 9.80. The fraction of sp³-hybridized carbons (Fsp3) is 0.556. The van der Waals surface area contributed by atoms with Crippen LogP contribution in [0.1, 0.15) is 6.42 Å². The Bertz CT molecular complexity index is 279. The molecule has 1 aliphatic heterocycles. The average Bonchev–Trinajstić information content (AvgIpc) is 2.47. The Labute approximate surface area is 91.9 Å². The largest absolute Gasteiger partial charge is 0.340 e. The van der Waals surface area contributed by atoms with E-state index in [9.17, 15) is 0 Å². The number of nitrogens with zero attached hydrogens (tertiary/aromatic N) is 3. The van der Waals surface area contributed by atoms with Gasteiger partial charge in [-0.05, 0) is 28.9 Å². The van der Waals surface area contributed by atoms with E-state index in [4.69, 9.17) is 0 Å². The summed E-state index contributed by atoms with van der Waals surface area (Å²) in [6.07, 6.45) is 4.74. The van der Waals surface area contributed by atoms with Crippen molar-refractivity contribution in [2.24, 2.45) is 0 Å². The number of hydrogen-bond donors (Lipinski definition) is 1.